The summed E-state index contributed by atoms with van der Waals surface area (Å²) in [5.74, 6) is 0.632. The molecule has 1 atom stereocenters. The molecule has 0 bridgehead atoms. The summed E-state index contributed by atoms with van der Waals surface area (Å²) in [6.45, 7) is 0.534. The summed E-state index contributed by atoms with van der Waals surface area (Å²) in [5.41, 5.74) is 7.00. The predicted octanol–water partition coefficient (Wildman–Crippen LogP) is 3.41. The van der Waals surface area contributed by atoms with Gasteiger partial charge in [-0.1, -0.05) is 61.7 Å². The van der Waals surface area contributed by atoms with Crippen molar-refractivity contribution in [3.05, 3.63) is 48.0 Å². The zero-order valence-electron chi connectivity index (χ0n) is 13.6. The van der Waals surface area contributed by atoms with E-state index >= 15 is 0 Å². The summed E-state index contributed by atoms with van der Waals surface area (Å²) >= 11 is 0. The molecule has 3 nitrogen and oxygen atoms in total. The van der Waals surface area contributed by atoms with Gasteiger partial charge in [-0.3, -0.25) is 4.79 Å². The van der Waals surface area contributed by atoms with E-state index in [9.17, 15) is 4.79 Å². The lowest BCUT2D eigenvalue weighted by molar-refractivity contribution is -0.121. The van der Waals surface area contributed by atoms with Crippen molar-refractivity contribution in [2.24, 2.45) is 11.7 Å². The Kier molecular flexibility index (Phi) is 5.29. The van der Waals surface area contributed by atoms with E-state index in [2.05, 4.69) is 23.5 Å². The average molecular weight is 310 g/mol. The van der Waals surface area contributed by atoms with Crippen molar-refractivity contribution < 1.29 is 4.79 Å². The third kappa shape index (κ3) is 3.91. The number of benzene rings is 2. The van der Waals surface area contributed by atoms with E-state index < -0.39 is 0 Å². The molecule has 0 aliphatic heterocycles. The van der Waals surface area contributed by atoms with E-state index in [4.69, 9.17) is 5.73 Å². The van der Waals surface area contributed by atoms with Crippen molar-refractivity contribution in [2.45, 2.75) is 44.6 Å². The summed E-state index contributed by atoms with van der Waals surface area (Å²) in [6, 6.07) is 14.5. The molecule has 0 saturated heterocycles. The molecule has 3 N–H and O–H groups in total. The van der Waals surface area contributed by atoms with Gasteiger partial charge in [0, 0.05) is 12.6 Å². The Morgan fingerprint density at radius 3 is 2.61 bits per heavy atom. The van der Waals surface area contributed by atoms with E-state index in [1.165, 1.54) is 37.5 Å². The number of hydrogen-bond acceptors (Lipinski definition) is 2. The summed E-state index contributed by atoms with van der Waals surface area (Å²) in [4.78, 5) is 12.5. The number of carbonyl (C=O) groups excluding carboxylic acids is 1. The molecule has 1 fully saturated rings. The summed E-state index contributed by atoms with van der Waals surface area (Å²) in [5, 5.41) is 5.53. The van der Waals surface area contributed by atoms with E-state index in [0.717, 1.165) is 10.9 Å². The van der Waals surface area contributed by atoms with Gasteiger partial charge in [0.15, 0.2) is 0 Å². The van der Waals surface area contributed by atoms with Crippen LogP contribution in [-0.4, -0.2) is 18.5 Å². The number of nitrogens with two attached hydrogens (primary N) is 1. The molecular weight excluding hydrogens is 284 g/mol. The highest BCUT2D eigenvalue weighted by atomic mass is 16.1. The molecular formula is C20H26N2O. The van der Waals surface area contributed by atoms with Crippen molar-refractivity contribution >= 4 is 16.7 Å². The fourth-order valence-electron chi connectivity index (χ4n) is 3.78. The van der Waals surface area contributed by atoms with Gasteiger partial charge in [0.1, 0.15) is 0 Å². The fourth-order valence-corrected chi connectivity index (χ4v) is 3.78. The maximum atomic E-state index is 12.5. The minimum Gasteiger partial charge on any atom is -0.352 e. The highest BCUT2D eigenvalue weighted by Gasteiger charge is 2.24. The van der Waals surface area contributed by atoms with E-state index in [1.54, 1.807) is 0 Å². The van der Waals surface area contributed by atoms with Gasteiger partial charge in [0.05, 0.1) is 6.42 Å². The molecule has 0 aromatic heterocycles. The lowest BCUT2D eigenvalue weighted by atomic mass is 9.84. The number of fused-ring (bicyclic) bond motifs is 1. The van der Waals surface area contributed by atoms with E-state index in [-0.39, 0.29) is 11.9 Å². The topological polar surface area (TPSA) is 55.1 Å². The van der Waals surface area contributed by atoms with Crippen molar-refractivity contribution in [2.75, 3.05) is 6.54 Å². The van der Waals surface area contributed by atoms with Crippen LogP contribution in [0.2, 0.25) is 0 Å². The number of amides is 1. The summed E-state index contributed by atoms with van der Waals surface area (Å²) < 4.78 is 0. The van der Waals surface area contributed by atoms with E-state index in [0.29, 0.717) is 18.9 Å². The number of rotatable bonds is 5. The summed E-state index contributed by atoms with van der Waals surface area (Å²) in [7, 11) is 0. The molecule has 1 saturated carbocycles. The van der Waals surface area contributed by atoms with Gasteiger partial charge in [-0.15, -0.1) is 0 Å². The van der Waals surface area contributed by atoms with Crippen molar-refractivity contribution in [1.82, 2.24) is 5.32 Å². The Hall–Kier alpha value is -1.87. The Balaban J connectivity index is 1.68. The average Bonchev–Trinajstić information content (AvgIpc) is 2.61. The minimum atomic E-state index is 0.0855. The van der Waals surface area contributed by atoms with Crippen molar-refractivity contribution in [3.63, 3.8) is 0 Å². The zero-order chi connectivity index (χ0) is 16.1. The molecule has 0 radical (unpaired) electrons. The first-order chi connectivity index (χ1) is 11.3. The second-order valence-corrected chi connectivity index (χ2v) is 6.62. The standard InChI is InChI=1S/C20H26N2O/c21-14-19(16-8-2-1-3-9-16)22-20(23)13-17-11-6-10-15-7-4-5-12-18(15)17/h4-7,10-12,16,19H,1-3,8-9,13-14,21H2,(H,22,23). The molecule has 0 heterocycles. The van der Waals surface area contributed by atoms with Crippen LogP contribution >= 0.6 is 0 Å². The quantitative estimate of drug-likeness (QED) is 0.889. The highest BCUT2D eigenvalue weighted by Crippen LogP contribution is 2.26. The first kappa shape index (κ1) is 16.0. The molecule has 1 unspecified atom stereocenters. The van der Waals surface area contributed by atoms with Crippen LogP contribution in [0.15, 0.2) is 42.5 Å². The van der Waals surface area contributed by atoms with Crippen LogP contribution < -0.4 is 11.1 Å². The number of nitrogens with one attached hydrogen (secondary N) is 1. The van der Waals surface area contributed by atoms with Crippen molar-refractivity contribution in [3.8, 4) is 0 Å². The molecule has 2 aromatic rings. The maximum Gasteiger partial charge on any atom is 0.224 e. The third-order valence-corrected chi connectivity index (χ3v) is 5.05. The first-order valence-corrected chi connectivity index (χ1v) is 8.74. The molecule has 1 aliphatic carbocycles. The van der Waals surface area contributed by atoms with Gasteiger partial charge >= 0.3 is 0 Å². The largest absolute Gasteiger partial charge is 0.352 e. The molecule has 3 heteroatoms. The number of carbonyl (C=O) groups is 1. The second-order valence-electron chi connectivity index (χ2n) is 6.62. The Morgan fingerprint density at radius 1 is 1.09 bits per heavy atom. The van der Waals surface area contributed by atoms with Gasteiger partial charge in [-0.25, -0.2) is 0 Å². The molecule has 23 heavy (non-hydrogen) atoms. The van der Waals surface area contributed by atoms with Gasteiger partial charge < -0.3 is 11.1 Å². The van der Waals surface area contributed by atoms with Gasteiger partial charge in [-0.05, 0) is 35.1 Å². The number of hydrogen-bond donors (Lipinski definition) is 2. The van der Waals surface area contributed by atoms with Crippen LogP contribution in [0.1, 0.15) is 37.7 Å². The van der Waals surface area contributed by atoms with Crippen molar-refractivity contribution in [1.29, 1.82) is 0 Å². The van der Waals surface area contributed by atoms with Crippen LogP contribution in [-0.2, 0) is 11.2 Å². The predicted molar refractivity (Wildman–Crippen MR) is 95.2 cm³/mol. The van der Waals surface area contributed by atoms with Crippen LogP contribution in [0.3, 0.4) is 0 Å². The van der Waals surface area contributed by atoms with Crippen LogP contribution in [0.5, 0.6) is 0 Å². The normalized spacial score (nSPS) is 17.1. The van der Waals surface area contributed by atoms with Crippen LogP contribution in [0, 0.1) is 5.92 Å². The second kappa shape index (κ2) is 7.60. The summed E-state index contributed by atoms with van der Waals surface area (Å²) in [6.07, 6.45) is 6.65. The maximum absolute atomic E-state index is 12.5. The highest BCUT2D eigenvalue weighted by molar-refractivity contribution is 5.90. The van der Waals surface area contributed by atoms with Crippen LogP contribution in [0.4, 0.5) is 0 Å². The Morgan fingerprint density at radius 2 is 1.83 bits per heavy atom. The molecule has 1 aliphatic rings. The Bertz CT molecular complexity index is 656. The monoisotopic (exact) mass is 310 g/mol. The molecule has 122 valence electrons. The molecule has 2 aromatic carbocycles. The third-order valence-electron chi connectivity index (χ3n) is 5.05. The van der Waals surface area contributed by atoms with Crippen LogP contribution in [0.25, 0.3) is 10.8 Å². The van der Waals surface area contributed by atoms with Gasteiger partial charge in [-0.2, -0.15) is 0 Å². The minimum absolute atomic E-state index is 0.0855. The fraction of sp³-hybridized carbons (Fsp3) is 0.450. The smallest absolute Gasteiger partial charge is 0.224 e. The van der Waals surface area contributed by atoms with Gasteiger partial charge in [0.25, 0.3) is 0 Å². The lowest BCUT2D eigenvalue weighted by Crippen LogP contribution is -2.46. The SMILES string of the molecule is NCC(NC(=O)Cc1cccc2ccccc12)C1CCCCC1. The lowest BCUT2D eigenvalue weighted by Gasteiger charge is -2.30. The van der Waals surface area contributed by atoms with Gasteiger partial charge in [0.2, 0.25) is 5.91 Å². The zero-order valence-corrected chi connectivity index (χ0v) is 13.6. The van der Waals surface area contributed by atoms with E-state index in [1.807, 2.05) is 24.3 Å². The molecule has 1 amide bonds. The molecule has 3 rings (SSSR count). The molecule has 0 spiro atoms. The Labute approximate surface area is 138 Å². The first-order valence-electron chi connectivity index (χ1n) is 8.74.